The predicted octanol–water partition coefficient (Wildman–Crippen LogP) is 1.45. The highest BCUT2D eigenvalue weighted by Gasteiger charge is 2.29. The van der Waals surface area contributed by atoms with Crippen LogP contribution in [0.25, 0.3) is 0 Å². The highest BCUT2D eigenvalue weighted by molar-refractivity contribution is 5.76. The molecule has 18 heavy (non-hydrogen) atoms. The van der Waals surface area contributed by atoms with Gasteiger partial charge in [-0.25, -0.2) is 0 Å². The number of carbonyl (C=O) groups is 1. The molecule has 0 aromatic heterocycles. The van der Waals surface area contributed by atoms with Crippen molar-refractivity contribution in [2.45, 2.75) is 57.6 Å². The molecule has 0 aromatic rings. The maximum atomic E-state index is 11.9. The van der Waals surface area contributed by atoms with Crippen LogP contribution in [0.5, 0.6) is 0 Å². The second kappa shape index (κ2) is 6.02. The van der Waals surface area contributed by atoms with Crippen LogP contribution in [0.3, 0.4) is 0 Å². The molecular weight excluding hydrogens is 228 g/mol. The van der Waals surface area contributed by atoms with Crippen molar-refractivity contribution in [2.75, 3.05) is 19.7 Å². The molecule has 2 unspecified atom stereocenters. The standard InChI is InChI=1S/C14H26N2O2/c1-14(2)9-12(6-8-18-14)16-13(17)4-3-11-5-7-15-10-11/h11-12,15H,3-10H2,1-2H3,(H,16,17). The third kappa shape index (κ3) is 4.25. The first kappa shape index (κ1) is 13.8. The van der Waals surface area contributed by atoms with Crippen LogP contribution in [0.2, 0.25) is 0 Å². The zero-order valence-electron chi connectivity index (χ0n) is 11.6. The van der Waals surface area contributed by atoms with Gasteiger partial charge in [-0.2, -0.15) is 0 Å². The Morgan fingerprint density at radius 2 is 2.28 bits per heavy atom. The average Bonchev–Trinajstić information content (AvgIpc) is 2.77. The molecule has 4 nitrogen and oxygen atoms in total. The molecule has 2 aliphatic rings. The zero-order valence-corrected chi connectivity index (χ0v) is 11.6. The van der Waals surface area contributed by atoms with E-state index in [1.54, 1.807) is 0 Å². The lowest BCUT2D eigenvalue weighted by Crippen LogP contribution is -2.45. The first-order valence-electron chi connectivity index (χ1n) is 7.19. The summed E-state index contributed by atoms with van der Waals surface area (Å²) >= 11 is 0. The van der Waals surface area contributed by atoms with Crippen molar-refractivity contribution in [1.82, 2.24) is 10.6 Å². The van der Waals surface area contributed by atoms with E-state index >= 15 is 0 Å². The Morgan fingerprint density at radius 1 is 1.44 bits per heavy atom. The molecule has 2 N–H and O–H groups in total. The number of amides is 1. The number of hydrogen-bond donors (Lipinski definition) is 2. The fraction of sp³-hybridized carbons (Fsp3) is 0.929. The van der Waals surface area contributed by atoms with E-state index in [-0.39, 0.29) is 11.5 Å². The Labute approximate surface area is 110 Å². The van der Waals surface area contributed by atoms with Gasteiger partial charge in [-0.3, -0.25) is 4.79 Å². The molecule has 104 valence electrons. The van der Waals surface area contributed by atoms with Gasteiger partial charge in [0.1, 0.15) is 0 Å². The lowest BCUT2D eigenvalue weighted by molar-refractivity contribution is -0.124. The molecule has 2 fully saturated rings. The van der Waals surface area contributed by atoms with Gasteiger partial charge in [-0.15, -0.1) is 0 Å². The second-order valence-electron chi connectivity index (χ2n) is 6.26. The van der Waals surface area contributed by atoms with E-state index < -0.39 is 0 Å². The summed E-state index contributed by atoms with van der Waals surface area (Å²) in [4.78, 5) is 11.9. The van der Waals surface area contributed by atoms with Gasteiger partial charge in [0.25, 0.3) is 0 Å². The van der Waals surface area contributed by atoms with Crippen molar-refractivity contribution in [3.8, 4) is 0 Å². The van der Waals surface area contributed by atoms with Gasteiger partial charge >= 0.3 is 0 Å². The first-order chi connectivity index (χ1) is 8.55. The Hall–Kier alpha value is -0.610. The van der Waals surface area contributed by atoms with E-state index in [4.69, 9.17) is 4.74 Å². The molecule has 2 heterocycles. The molecule has 0 bridgehead atoms. The maximum absolute atomic E-state index is 11.9. The summed E-state index contributed by atoms with van der Waals surface area (Å²) in [6, 6.07) is 0.294. The van der Waals surface area contributed by atoms with Crippen LogP contribution < -0.4 is 10.6 Å². The lowest BCUT2D eigenvalue weighted by atomic mass is 9.93. The Bertz CT molecular complexity index is 286. The summed E-state index contributed by atoms with van der Waals surface area (Å²) in [5.74, 6) is 0.909. The van der Waals surface area contributed by atoms with E-state index in [0.29, 0.717) is 18.4 Å². The van der Waals surface area contributed by atoms with Crippen LogP contribution in [0, 0.1) is 5.92 Å². The van der Waals surface area contributed by atoms with Gasteiger partial charge in [0, 0.05) is 19.1 Å². The summed E-state index contributed by atoms with van der Waals surface area (Å²) in [5, 5.41) is 6.50. The fourth-order valence-electron chi connectivity index (χ4n) is 2.95. The molecule has 0 radical (unpaired) electrons. The van der Waals surface area contributed by atoms with Crippen LogP contribution in [-0.4, -0.2) is 37.2 Å². The zero-order chi connectivity index (χ0) is 13.0. The summed E-state index contributed by atoms with van der Waals surface area (Å²) in [6.07, 6.45) is 4.77. The Morgan fingerprint density at radius 3 is 2.94 bits per heavy atom. The fourth-order valence-corrected chi connectivity index (χ4v) is 2.95. The highest BCUT2D eigenvalue weighted by atomic mass is 16.5. The largest absolute Gasteiger partial charge is 0.375 e. The van der Waals surface area contributed by atoms with Gasteiger partial charge in [0.15, 0.2) is 0 Å². The van der Waals surface area contributed by atoms with Crippen LogP contribution in [0.1, 0.15) is 46.0 Å². The quantitative estimate of drug-likeness (QED) is 0.798. The van der Waals surface area contributed by atoms with Crippen LogP contribution >= 0.6 is 0 Å². The van der Waals surface area contributed by atoms with Crippen molar-refractivity contribution in [2.24, 2.45) is 5.92 Å². The van der Waals surface area contributed by atoms with Crippen molar-refractivity contribution in [3.63, 3.8) is 0 Å². The van der Waals surface area contributed by atoms with E-state index in [1.807, 2.05) is 0 Å². The number of nitrogens with one attached hydrogen (secondary N) is 2. The highest BCUT2D eigenvalue weighted by Crippen LogP contribution is 2.24. The minimum absolute atomic E-state index is 0.0917. The molecule has 2 rings (SSSR count). The van der Waals surface area contributed by atoms with E-state index in [2.05, 4.69) is 24.5 Å². The van der Waals surface area contributed by atoms with E-state index in [0.717, 1.165) is 39.0 Å². The average molecular weight is 254 g/mol. The van der Waals surface area contributed by atoms with Crippen molar-refractivity contribution < 1.29 is 9.53 Å². The van der Waals surface area contributed by atoms with Gasteiger partial charge in [-0.05, 0) is 58.5 Å². The summed E-state index contributed by atoms with van der Waals surface area (Å²) in [5.41, 5.74) is -0.0917. The number of hydrogen-bond acceptors (Lipinski definition) is 3. The third-order valence-corrected chi connectivity index (χ3v) is 4.00. The van der Waals surface area contributed by atoms with E-state index in [1.165, 1.54) is 6.42 Å². The van der Waals surface area contributed by atoms with Gasteiger partial charge in [0.05, 0.1) is 5.60 Å². The number of ether oxygens (including phenoxy) is 1. The van der Waals surface area contributed by atoms with Crippen molar-refractivity contribution >= 4 is 5.91 Å². The van der Waals surface area contributed by atoms with Crippen molar-refractivity contribution in [3.05, 3.63) is 0 Å². The van der Waals surface area contributed by atoms with Gasteiger partial charge in [-0.1, -0.05) is 0 Å². The second-order valence-corrected chi connectivity index (χ2v) is 6.26. The number of rotatable bonds is 4. The molecule has 2 atom stereocenters. The topological polar surface area (TPSA) is 50.4 Å². The summed E-state index contributed by atoms with van der Waals surface area (Å²) in [7, 11) is 0. The maximum Gasteiger partial charge on any atom is 0.220 e. The smallest absolute Gasteiger partial charge is 0.220 e. The van der Waals surface area contributed by atoms with E-state index in [9.17, 15) is 4.79 Å². The molecular formula is C14H26N2O2. The monoisotopic (exact) mass is 254 g/mol. The predicted molar refractivity (Wildman–Crippen MR) is 71.4 cm³/mol. The Balaban J connectivity index is 1.67. The van der Waals surface area contributed by atoms with Gasteiger partial charge in [0.2, 0.25) is 5.91 Å². The molecule has 2 aliphatic heterocycles. The van der Waals surface area contributed by atoms with Gasteiger partial charge < -0.3 is 15.4 Å². The molecule has 4 heteroatoms. The van der Waals surface area contributed by atoms with Crippen LogP contribution in [0.4, 0.5) is 0 Å². The number of carbonyl (C=O) groups excluding carboxylic acids is 1. The first-order valence-corrected chi connectivity index (χ1v) is 7.19. The van der Waals surface area contributed by atoms with Crippen LogP contribution in [0.15, 0.2) is 0 Å². The molecule has 0 aromatic carbocycles. The summed E-state index contributed by atoms with van der Waals surface area (Å²) in [6.45, 7) is 7.13. The molecule has 0 saturated carbocycles. The summed E-state index contributed by atoms with van der Waals surface area (Å²) < 4.78 is 5.66. The SMILES string of the molecule is CC1(C)CC(NC(=O)CCC2CCNC2)CCO1. The molecule has 0 aliphatic carbocycles. The minimum atomic E-state index is -0.0917. The van der Waals surface area contributed by atoms with Crippen LogP contribution in [-0.2, 0) is 9.53 Å². The molecule has 2 saturated heterocycles. The normalized spacial score (nSPS) is 31.2. The molecule has 1 amide bonds. The third-order valence-electron chi connectivity index (χ3n) is 4.00. The Kier molecular flexibility index (Phi) is 4.62. The minimum Gasteiger partial charge on any atom is -0.375 e. The molecule has 0 spiro atoms. The van der Waals surface area contributed by atoms with Crippen molar-refractivity contribution in [1.29, 1.82) is 0 Å². The lowest BCUT2D eigenvalue weighted by Gasteiger charge is -2.35.